The van der Waals surface area contributed by atoms with E-state index < -0.39 is 17.9 Å². The number of halogens is 1. The van der Waals surface area contributed by atoms with E-state index in [2.05, 4.69) is 5.32 Å². The molecule has 1 aromatic carbocycles. The number of carboxylic acid groups (broad SMARTS) is 1. The van der Waals surface area contributed by atoms with Crippen molar-refractivity contribution in [2.45, 2.75) is 20.3 Å². The number of hydrogen-bond acceptors (Lipinski definition) is 2. The number of rotatable bonds is 2. The van der Waals surface area contributed by atoms with Gasteiger partial charge in [-0.05, 0) is 37.0 Å². The lowest BCUT2D eigenvalue weighted by Crippen LogP contribution is -2.47. The van der Waals surface area contributed by atoms with Gasteiger partial charge in [-0.15, -0.1) is 0 Å². The van der Waals surface area contributed by atoms with Gasteiger partial charge in [-0.25, -0.2) is 9.18 Å². The average molecular weight is 294 g/mol. The normalized spacial score (nSPS) is 22.0. The molecule has 2 rings (SSSR count). The number of carboxylic acids is 1. The second-order valence-electron chi connectivity index (χ2n) is 5.68. The first-order valence-electron chi connectivity index (χ1n) is 6.91. The Morgan fingerprint density at radius 3 is 2.71 bits per heavy atom. The fourth-order valence-electron chi connectivity index (χ4n) is 2.57. The predicted molar refractivity (Wildman–Crippen MR) is 76.6 cm³/mol. The molecule has 2 N–H and O–H groups in total. The van der Waals surface area contributed by atoms with Gasteiger partial charge in [0.15, 0.2) is 0 Å². The van der Waals surface area contributed by atoms with Crippen LogP contribution in [0.2, 0.25) is 0 Å². The molecule has 6 heteroatoms. The third kappa shape index (κ3) is 3.71. The van der Waals surface area contributed by atoms with Crippen LogP contribution in [0, 0.1) is 24.6 Å². The molecular formula is C15H19FN2O3. The molecule has 0 aliphatic carbocycles. The second kappa shape index (κ2) is 6.11. The Labute approximate surface area is 122 Å². The molecule has 1 aliphatic rings. The quantitative estimate of drug-likeness (QED) is 0.881. The van der Waals surface area contributed by atoms with Crippen LogP contribution >= 0.6 is 0 Å². The molecule has 2 atom stereocenters. The zero-order valence-electron chi connectivity index (χ0n) is 12.1. The highest BCUT2D eigenvalue weighted by Crippen LogP contribution is 2.23. The van der Waals surface area contributed by atoms with E-state index in [0.717, 1.165) is 0 Å². The predicted octanol–water partition coefficient (Wildman–Crippen LogP) is 2.71. The number of carbonyl (C=O) groups excluding carboxylic acids is 1. The standard InChI is InChI=1S/C15H19FN2O3/c1-9-5-11(14(19)20)8-18(7-9)15(21)17-12-4-3-10(2)13(16)6-12/h3-4,6,9,11H,5,7-8H2,1-2H3,(H,17,21)(H,19,20). The van der Waals surface area contributed by atoms with E-state index in [4.69, 9.17) is 5.11 Å². The molecule has 0 spiro atoms. The number of nitrogens with zero attached hydrogens (tertiary/aromatic N) is 1. The number of carbonyl (C=O) groups is 2. The summed E-state index contributed by atoms with van der Waals surface area (Å²) in [6.45, 7) is 4.25. The van der Waals surface area contributed by atoms with Crippen LogP contribution in [0.5, 0.6) is 0 Å². The Morgan fingerprint density at radius 1 is 1.38 bits per heavy atom. The molecule has 1 fully saturated rings. The Bertz CT molecular complexity index is 562. The molecular weight excluding hydrogens is 275 g/mol. The summed E-state index contributed by atoms with van der Waals surface area (Å²) < 4.78 is 13.5. The molecule has 0 bridgehead atoms. The first-order chi connectivity index (χ1) is 9.86. The molecule has 2 unspecified atom stereocenters. The summed E-state index contributed by atoms with van der Waals surface area (Å²) >= 11 is 0. The number of nitrogens with one attached hydrogen (secondary N) is 1. The summed E-state index contributed by atoms with van der Waals surface area (Å²) in [4.78, 5) is 24.8. The molecule has 21 heavy (non-hydrogen) atoms. The van der Waals surface area contributed by atoms with Crippen LogP contribution in [-0.4, -0.2) is 35.1 Å². The molecule has 1 aromatic rings. The minimum absolute atomic E-state index is 0.125. The molecule has 1 aliphatic heterocycles. The van der Waals surface area contributed by atoms with Gasteiger partial charge < -0.3 is 15.3 Å². The topological polar surface area (TPSA) is 69.6 Å². The van der Waals surface area contributed by atoms with Crippen molar-refractivity contribution < 1.29 is 19.1 Å². The third-order valence-corrected chi connectivity index (χ3v) is 3.72. The number of piperidine rings is 1. The number of likely N-dealkylation sites (tertiary alicyclic amines) is 1. The molecule has 0 saturated carbocycles. The monoisotopic (exact) mass is 294 g/mol. The molecule has 2 amide bonds. The first kappa shape index (κ1) is 15.3. The summed E-state index contributed by atoms with van der Waals surface area (Å²) in [5.74, 6) is -1.70. The highest BCUT2D eigenvalue weighted by atomic mass is 19.1. The molecule has 0 radical (unpaired) electrons. The Hall–Kier alpha value is -2.11. The SMILES string of the molecule is Cc1ccc(NC(=O)N2CC(C)CC(C(=O)O)C2)cc1F. The fourth-order valence-corrected chi connectivity index (χ4v) is 2.57. The van der Waals surface area contributed by atoms with Crippen LogP contribution in [0.4, 0.5) is 14.9 Å². The van der Waals surface area contributed by atoms with Crippen LogP contribution in [-0.2, 0) is 4.79 Å². The van der Waals surface area contributed by atoms with Crippen molar-refractivity contribution in [3.63, 3.8) is 0 Å². The average Bonchev–Trinajstić information content (AvgIpc) is 2.42. The van der Waals surface area contributed by atoms with Gasteiger partial charge in [0.2, 0.25) is 0 Å². The minimum Gasteiger partial charge on any atom is -0.481 e. The molecule has 114 valence electrons. The van der Waals surface area contributed by atoms with Gasteiger partial charge in [0.25, 0.3) is 0 Å². The maximum Gasteiger partial charge on any atom is 0.321 e. The van der Waals surface area contributed by atoms with Gasteiger partial charge in [-0.1, -0.05) is 13.0 Å². The second-order valence-corrected chi connectivity index (χ2v) is 5.68. The highest BCUT2D eigenvalue weighted by molar-refractivity contribution is 5.89. The summed E-state index contributed by atoms with van der Waals surface area (Å²) in [7, 11) is 0. The van der Waals surface area contributed by atoms with E-state index in [1.54, 1.807) is 19.1 Å². The molecule has 1 heterocycles. The van der Waals surface area contributed by atoms with Crippen molar-refractivity contribution >= 4 is 17.7 Å². The van der Waals surface area contributed by atoms with Gasteiger partial charge >= 0.3 is 12.0 Å². The lowest BCUT2D eigenvalue weighted by Gasteiger charge is -2.34. The van der Waals surface area contributed by atoms with E-state index in [1.165, 1.54) is 11.0 Å². The lowest BCUT2D eigenvalue weighted by molar-refractivity contribution is -0.143. The number of amides is 2. The van der Waals surface area contributed by atoms with Gasteiger partial charge in [0.05, 0.1) is 5.92 Å². The van der Waals surface area contributed by atoms with Crippen molar-refractivity contribution in [1.29, 1.82) is 0 Å². The Morgan fingerprint density at radius 2 is 2.10 bits per heavy atom. The smallest absolute Gasteiger partial charge is 0.321 e. The largest absolute Gasteiger partial charge is 0.481 e. The van der Waals surface area contributed by atoms with E-state index >= 15 is 0 Å². The molecule has 1 saturated heterocycles. The van der Waals surface area contributed by atoms with Gasteiger partial charge in [-0.3, -0.25) is 4.79 Å². The summed E-state index contributed by atoms with van der Waals surface area (Å²) in [6, 6.07) is 4.08. The van der Waals surface area contributed by atoms with Crippen LogP contribution < -0.4 is 5.32 Å². The number of benzene rings is 1. The Balaban J connectivity index is 2.05. The van der Waals surface area contributed by atoms with Crippen LogP contribution in [0.3, 0.4) is 0 Å². The fraction of sp³-hybridized carbons (Fsp3) is 0.467. The van der Waals surface area contributed by atoms with E-state index in [1.807, 2.05) is 6.92 Å². The summed E-state index contributed by atoms with van der Waals surface area (Å²) in [5.41, 5.74) is 0.874. The van der Waals surface area contributed by atoms with E-state index in [0.29, 0.717) is 24.2 Å². The number of anilines is 1. The molecule has 0 aromatic heterocycles. The van der Waals surface area contributed by atoms with Crippen LogP contribution in [0.15, 0.2) is 18.2 Å². The van der Waals surface area contributed by atoms with Crippen molar-refractivity contribution in [2.75, 3.05) is 18.4 Å². The van der Waals surface area contributed by atoms with Crippen molar-refractivity contribution in [2.24, 2.45) is 11.8 Å². The van der Waals surface area contributed by atoms with Crippen molar-refractivity contribution in [3.05, 3.63) is 29.6 Å². The summed E-state index contributed by atoms with van der Waals surface area (Å²) in [6.07, 6.45) is 0.568. The first-order valence-corrected chi connectivity index (χ1v) is 6.91. The Kier molecular flexibility index (Phi) is 4.45. The van der Waals surface area contributed by atoms with Crippen LogP contribution in [0.25, 0.3) is 0 Å². The van der Waals surface area contributed by atoms with Gasteiger partial charge in [-0.2, -0.15) is 0 Å². The molecule has 5 nitrogen and oxygen atoms in total. The number of aryl methyl sites for hydroxylation is 1. The highest BCUT2D eigenvalue weighted by Gasteiger charge is 2.31. The van der Waals surface area contributed by atoms with Crippen LogP contribution in [0.1, 0.15) is 18.9 Å². The summed E-state index contributed by atoms with van der Waals surface area (Å²) in [5, 5.41) is 11.7. The minimum atomic E-state index is -0.888. The van der Waals surface area contributed by atoms with E-state index in [9.17, 15) is 14.0 Å². The maximum atomic E-state index is 13.5. The number of urea groups is 1. The third-order valence-electron chi connectivity index (χ3n) is 3.72. The number of aliphatic carboxylic acids is 1. The van der Waals surface area contributed by atoms with E-state index in [-0.39, 0.29) is 18.3 Å². The van der Waals surface area contributed by atoms with Gasteiger partial charge in [0.1, 0.15) is 5.82 Å². The maximum absolute atomic E-state index is 13.5. The van der Waals surface area contributed by atoms with Crippen molar-refractivity contribution in [3.8, 4) is 0 Å². The number of hydrogen-bond donors (Lipinski definition) is 2. The van der Waals surface area contributed by atoms with Gasteiger partial charge in [0, 0.05) is 18.8 Å². The van der Waals surface area contributed by atoms with Crippen molar-refractivity contribution in [1.82, 2.24) is 4.90 Å². The lowest BCUT2D eigenvalue weighted by atomic mass is 9.91. The zero-order valence-corrected chi connectivity index (χ0v) is 12.1. The zero-order chi connectivity index (χ0) is 15.6.